The van der Waals surface area contributed by atoms with Gasteiger partial charge in [-0.3, -0.25) is 5.21 Å². The number of hydroxylamine groups is 1. The number of hydrogen-bond acceptors (Lipinski definition) is 3. The smallest absolute Gasteiger partial charge is 0.402 e. The SMILES string of the molecule is NC(=O)NO.NC(=O)O. The molecule has 0 aliphatic heterocycles. The van der Waals surface area contributed by atoms with Crippen LogP contribution in [0.4, 0.5) is 9.59 Å². The van der Waals surface area contributed by atoms with E-state index < -0.39 is 12.1 Å². The van der Waals surface area contributed by atoms with Crippen molar-refractivity contribution in [3.63, 3.8) is 0 Å². The van der Waals surface area contributed by atoms with E-state index in [0.717, 1.165) is 0 Å². The molecule has 0 saturated carbocycles. The summed E-state index contributed by atoms with van der Waals surface area (Å²) in [6.07, 6.45) is -1.33. The molecular weight excluding hydrogens is 130 g/mol. The van der Waals surface area contributed by atoms with Crippen molar-refractivity contribution in [1.82, 2.24) is 5.48 Å². The van der Waals surface area contributed by atoms with Gasteiger partial charge in [0.1, 0.15) is 0 Å². The predicted octanol–water partition coefficient (Wildman–Crippen LogP) is -1.33. The van der Waals surface area contributed by atoms with Crippen molar-refractivity contribution in [1.29, 1.82) is 0 Å². The maximum absolute atomic E-state index is 9.23. The lowest BCUT2D eigenvalue weighted by molar-refractivity contribution is 0.169. The number of carboxylic acid groups (broad SMARTS) is 1. The molecule has 0 fully saturated rings. The third-order valence-corrected chi connectivity index (χ3v) is 0.110. The number of hydrogen-bond donors (Lipinski definition) is 5. The van der Waals surface area contributed by atoms with E-state index in [-0.39, 0.29) is 0 Å². The van der Waals surface area contributed by atoms with E-state index in [1.54, 1.807) is 0 Å². The van der Waals surface area contributed by atoms with Crippen LogP contribution in [0.2, 0.25) is 0 Å². The van der Waals surface area contributed by atoms with Gasteiger partial charge >= 0.3 is 12.1 Å². The van der Waals surface area contributed by atoms with Gasteiger partial charge in [0.15, 0.2) is 0 Å². The highest BCUT2D eigenvalue weighted by Crippen LogP contribution is 1.38. The number of carbonyl (C=O) groups is 2. The number of carbonyl (C=O) groups excluding carboxylic acids is 1. The highest BCUT2D eigenvalue weighted by molar-refractivity contribution is 5.69. The van der Waals surface area contributed by atoms with Gasteiger partial charge in [-0.25, -0.2) is 15.1 Å². The van der Waals surface area contributed by atoms with Crippen LogP contribution in [-0.4, -0.2) is 22.4 Å². The summed E-state index contributed by atoms with van der Waals surface area (Å²) < 4.78 is 0. The van der Waals surface area contributed by atoms with Crippen LogP contribution in [0.5, 0.6) is 0 Å². The van der Waals surface area contributed by atoms with E-state index in [9.17, 15) is 4.79 Å². The molecule has 0 aromatic rings. The van der Waals surface area contributed by atoms with E-state index in [4.69, 9.17) is 15.1 Å². The van der Waals surface area contributed by atoms with Crippen molar-refractivity contribution in [2.45, 2.75) is 0 Å². The minimum atomic E-state index is -1.33. The molecule has 54 valence electrons. The number of nitrogens with one attached hydrogen (secondary N) is 1. The van der Waals surface area contributed by atoms with Gasteiger partial charge in [-0.05, 0) is 0 Å². The second-order valence-electron chi connectivity index (χ2n) is 0.814. The molecule has 0 aliphatic carbocycles. The Morgan fingerprint density at radius 3 is 1.44 bits per heavy atom. The standard InChI is InChI=1S/CH4N2O2.CH3NO2/c2-1(4)3-5;2-1(3)4/h5H,(H3,2,3,4);2H2,(H,3,4). The fourth-order valence-electron chi connectivity index (χ4n) is 0. The van der Waals surface area contributed by atoms with E-state index >= 15 is 0 Å². The summed E-state index contributed by atoms with van der Waals surface area (Å²) in [4.78, 5) is 18.0. The van der Waals surface area contributed by atoms with E-state index in [1.165, 1.54) is 5.48 Å². The number of primary amides is 2. The van der Waals surface area contributed by atoms with Crippen LogP contribution in [0.3, 0.4) is 0 Å². The molecule has 0 saturated heterocycles. The first-order valence-electron chi connectivity index (χ1n) is 1.68. The zero-order chi connectivity index (χ0) is 7.86. The lowest BCUT2D eigenvalue weighted by atomic mass is 11.2. The molecule has 0 spiro atoms. The van der Waals surface area contributed by atoms with Gasteiger partial charge in [-0.15, -0.1) is 0 Å². The normalized spacial score (nSPS) is 6.33. The molecule has 0 unspecified atom stereocenters. The van der Waals surface area contributed by atoms with Crippen LogP contribution < -0.4 is 16.9 Å². The first-order chi connectivity index (χ1) is 4.00. The quantitative estimate of drug-likeness (QED) is 0.208. The Balaban J connectivity index is 0. The fourth-order valence-corrected chi connectivity index (χ4v) is 0. The number of rotatable bonds is 0. The van der Waals surface area contributed by atoms with Gasteiger partial charge < -0.3 is 16.6 Å². The van der Waals surface area contributed by atoms with Crippen molar-refractivity contribution in [2.24, 2.45) is 11.5 Å². The highest BCUT2D eigenvalue weighted by atomic mass is 16.5. The van der Waals surface area contributed by atoms with Crippen molar-refractivity contribution in [3.05, 3.63) is 0 Å². The zero-order valence-corrected chi connectivity index (χ0v) is 4.37. The van der Waals surface area contributed by atoms with Crippen molar-refractivity contribution >= 4 is 12.1 Å². The molecule has 7 nitrogen and oxygen atoms in total. The van der Waals surface area contributed by atoms with Crippen LogP contribution in [0.25, 0.3) is 0 Å². The Morgan fingerprint density at radius 1 is 1.33 bits per heavy atom. The van der Waals surface area contributed by atoms with Crippen LogP contribution in [0, 0.1) is 0 Å². The number of amides is 3. The summed E-state index contributed by atoms with van der Waals surface area (Å²) >= 11 is 0. The van der Waals surface area contributed by atoms with E-state index in [2.05, 4.69) is 11.5 Å². The minimum Gasteiger partial charge on any atom is -0.465 e. The van der Waals surface area contributed by atoms with Gasteiger partial charge in [-0.1, -0.05) is 0 Å². The maximum Gasteiger partial charge on any atom is 0.402 e. The Kier molecular flexibility index (Phi) is 7.57. The Hall–Kier alpha value is -1.50. The number of urea groups is 1. The summed E-state index contributed by atoms with van der Waals surface area (Å²) in [6.45, 7) is 0. The van der Waals surface area contributed by atoms with Gasteiger partial charge in [0.2, 0.25) is 0 Å². The average molecular weight is 137 g/mol. The molecule has 3 amide bonds. The topological polar surface area (TPSA) is 139 Å². The van der Waals surface area contributed by atoms with Crippen LogP contribution in [0.15, 0.2) is 0 Å². The summed E-state index contributed by atoms with van der Waals surface area (Å²) in [5.74, 6) is 0. The molecule has 9 heavy (non-hydrogen) atoms. The third kappa shape index (κ3) is 526. The molecule has 0 atom stereocenters. The first-order valence-corrected chi connectivity index (χ1v) is 1.68. The molecule has 0 rings (SSSR count). The summed E-state index contributed by atoms with van der Waals surface area (Å²) in [5.41, 5.74) is 9.49. The monoisotopic (exact) mass is 137 g/mol. The average Bonchev–Trinajstić information content (AvgIpc) is 1.65. The second kappa shape index (κ2) is 6.50. The fraction of sp³-hybridized carbons (Fsp3) is 0. The van der Waals surface area contributed by atoms with Gasteiger partial charge in [0.25, 0.3) is 0 Å². The van der Waals surface area contributed by atoms with Gasteiger partial charge in [-0.2, -0.15) is 0 Å². The van der Waals surface area contributed by atoms with Crippen molar-refractivity contribution in [3.8, 4) is 0 Å². The molecule has 7 N–H and O–H groups in total. The van der Waals surface area contributed by atoms with Crippen molar-refractivity contribution < 1.29 is 19.9 Å². The second-order valence-corrected chi connectivity index (χ2v) is 0.814. The Bertz CT molecular complexity index is 98.0. The molecular formula is C2H7N3O4. The van der Waals surface area contributed by atoms with Gasteiger partial charge in [0, 0.05) is 0 Å². The molecule has 0 radical (unpaired) electrons. The predicted molar refractivity (Wildman–Crippen MR) is 26.7 cm³/mol. The van der Waals surface area contributed by atoms with Crippen molar-refractivity contribution in [2.75, 3.05) is 0 Å². The molecule has 0 heterocycles. The largest absolute Gasteiger partial charge is 0.465 e. The molecule has 0 aliphatic rings. The summed E-state index contributed by atoms with van der Waals surface area (Å²) in [5, 5.41) is 14.6. The number of nitrogens with two attached hydrogens (primary N) is 2. The molecule has 7 heteroatoms. The Morgan fingerprint density at radius 2 is 1.44 bits per heavy atom. The molecule has 0 bridgehead atoms. The first kappa shape index (κ1) is 10.5. The zero-order valence-electron chi connectivity index (χ0n) is 4.37. The van der Waals surface area contributed by atoms with E-state index in [1.807, 2.05) is 0 Å². The lowest BCUT2D eigenvalue weighted by Gasteiger charge is -1.79. The highest BCUT2D eigenvalue weighted by Gasteiger charge is 1.75. The summed E-state index contributed by atoms with van der Waals surface area (Å²) in [7, 11) is 0. The van der Waals surface area contributed by atoms with Gasteiger partial charge in [0.05, 0.1) is 0 Å². The molecule has 0 aromatic carbocycles. The molecule has 0 aromatic heterocycles. The third-order valence-electron chi connectivity index (χ3n) is 0.110. The lowest BCUT2D eigenvalue weighted by Crippen LogP contribution is -2.25. The minimum absolute atomic E-state index is 0.940. The van der Waals surface area contributed by atoms with Crippen LogP contribution >= 0.6 is 0 Å². The van der Waals surface area contributed by atoms with E-state index in [0.29, 0.717) is 0 Å². The van der Waals surface area contributed by atoms with Crippen LogP contribution in [0.1, 0.15) is 0 Å². The Labute approximate surface area is 50.2 Å². The van der Waals surface area contributed by atoms with Crippen LogP contribution in [-0.2, 0) is 0 Å². The maximum atomic E-state index is 9.23. The summed E-state index contributed by atoms with van der Waals surface area (Å²) in [6, 6.07) is -0.940.